The first-order valence-electron chi connectivity index (χ1n) is 7.42. The second-order valence-electron chi connectivity index (χ2n) is 5.63. The largest absolute Gasteiger partial charge is 0.385 e. The Balaban J connectivity index is 1.55. The summed E-state index contributed by atoms with van der Waals surface area (Å²) in [5.74, 6) is 0.954. The predicted octanol–water partition coefficient (Wildman–Crippen LogP) is 4.99. The molecular formula is C16H22N2S. The Morgan fingerprint density at radius 1 is 1.26 bits per heavy atom. The minimum Gasteiger partial charge on any atom is -0.385 e. The maximum Gasteiger partial charge on any atom is 0.0907 e. The van der Waals surface area contributed by atoms with Gasteiger partial charge in [0.05, 0.1) is 15.2 Å². The van der Waals surface area contributed by atoms with Gasteiger partial charge in [-0.25, -0.2) is 4.98 Å². The van der Waals surface area contributed by atoms with Gasteiger partial charge in [-0.15, -0.1) is 11.3 Å². The number of hydrogen-bond acceptors (Lipinski definition) is 3. The fraction of sp³-hybridized carbons (Fsp3) is 0.562. The van der Waals surface area contributed by atoms with Crippen LogP contribution in [0.25, 0.3) is 10.2 Å². The molecule has 1 aliphatic rings. The third-order valence-corrected chi connectivity index (χ3v) is 5.04. The second-order valence-corrected chi connectivity index (χ2v) is 6.87. The lowest BCUT2D eigenvalue weighted by molar-refractivity contribution is 0.345. The van der Waals surface area contributed by atoms with E-state index in [4.69, 9.17) is 0 Å². The minimum absolute atomic E-state index is 0.954. The summed E-state index contributed by atoms with van der Waals surface area (Å²) in [6, 6.07) is 6.52. The van der Waals surface area contributed by atoms with E-state index >= 15 is 0 Å². The summed E-state index contributed by atoms with van der Waals surface area (Å²) < 4.78 is 1.29. The van der Waals surface area contributed by atoms with Crippen molar-refractivity contribution in [1.29, 1.82) is 0 Å². The van der Waals surface area contributed by atoms with E-state index in [0.29, 0.717) is 0 Å². The third-order valence-electron chi connectivity index (χ3n) is 4.10. The van der Waals surface area contributed by atoms with E-state index < -0.39 is 0 Å². The standard InChI is InChI=1S/C16H22N2S/c1-12-18-15-8-7-14(11-16(15)19-12)17-10-9-13-5-3-2-4-6-13/h7-8,11,13,17H,2-6,9-10H2,1H3. The number of benzene rings is 1. The van der Waals surface area contributed by atoms with Crippen molar-refractivity contribution in [2.24, 2.45) is 5.92 Å². The first kappa shape index (κ1) is 12.9. The molecule has 1 N–H and O–H groups in total. The van der Waals surface area contributed by atoms with Crippen LogP contribution in [0.4, 0.5) is 5.69 Å². The molecule has 3 rings (SSSR count). The lowest BCUT2D eigenvalue weighted by Crippen LogP contribution is -2.12. The zero-order chi connectivity index (χ0) is 13.1. The number of nitrogens with one attached hydrogen (secondary N) is 1. The molecule has 0 bridgehead atoms. The van der Waals surface area contributed by atoms with Gasteiger partial charge in [0, 0.05) is 12.2 Å². The first-order chi connectivity index (χ1) is 9.31. The number of aryl methyl sites for hydroxylation is 1. The maximum atomic E-state index is 4.50. The van der Waals surface area contributed by atoms with Crippen LogP contribution in [0.3, 0.4) is 0 Å². The molecule has 0 saturated heterocycles. The van der Waals surface area contributed by atoms with Gasteiger partial charge in [0.1, 0.15) is 0 Å². The molecule has 0 amide bonds. The average molecular weight is 274 g/mol. The van der Waals surface area contributed by atoms with Gasteiger partial charge in [-0.3, -0.25) is 0 Å². The minimum atomic E-state index is 0.954. The molecule has 0 radical (unpaired) electrons. The topological polar surface area (TPSA) is 24.9 Å². The average Bonchev–Trinajstić information content (AvgIpc) is 2.79. The molecule has 1 aliphatic carbocycles. The molecule has 19 heavy (non-hydrogen) atoms. The first-order valence-corrected chi connectivity index (χ1v) is 8.24. The van der Waals surface area contributed by atoms with Crippen LogP contribution < -0.4 is 5.32 Å². The van der Waals surface area contributed by atoms with Crippen LogP contribution in [0.5, 0.6) is 0 Å². The summed E-state index contributed by atoms with van der Waals surface area (Å²) in [5, 5.41) is 4.72. The van der Waals surface area contributed by atoms with E-state index in [2.05, 4.69) is 35.4 Å². The molecule has 1 aromatic carbocycles. The third kappa shape index (κ3) is 3.27. The SMILES string of the molecule is Cc1nc2ccc(NCCC3CCCCC3)cc2s1. The fourth-order valence-corrected chi connectivity index (χ4v) is 3.91. The predicted molar refractivity (Wildman–Crippen MR) is 84.0 cm³/mol. The second kappa shape index (κ2) is 5.91. The maximum absolute atomic E-state index is 4.50. The quantitative estimate of drug-likeness (QED) is 0.850. The number of hydrogen-bond donors (Lipinski definition) is 1. The van der Waals surface area contributed by atoms with E-state index in [1.807, 2.05) is 0 Å². The van der Waals surface area contributed by atoms with E-state index in [0.717, 1.165) is 23.0 Å². The zero-order valence-electron chi connectivity index (χ0n) is 11.6. The normalized spacial score (nSPS) is 16.9. The number of fused-ring (bicyclic) bond motifs is 1. The van der Waals surface area contributed by atoms with Crippen LogP contribution in [0.1, 0.15) is 43.5 Å². The number of anilines is 1. The monoisotopic (exact) mass is 274 g/mol. The van der Waals surface area contributed by atoms with Gasteiger partial charge in [0.2, 0.25) is 0 Å². The fourth-order valence-electron chi connectivity index (χ4n) is 3.05. The summed E-state index contributed by atoms with van der Waals surface area (Å²) in [5.41, 5.74) is 2.37. The summed E-state index contributed by atoms with van der Waals surface area (Å²) in [7, 11) is 0. The highest BCUT2D eigenvalue weighted by Gasteiger charge is 2.12. The van der Waals surface area contributed by atoms with Crippen molar-refractivity contribution in [2.45, 2.75) is 45.4 Å². The summed E-state index contributed by atoms with van der Waals surface area (Å²) >= 11 is 1.78. The number of rotatable bonds is 4. The molecule has 1 heterocycles. The van der Waals surface area contributed by atoms with Gasteiger partial charge in [0.25, 0.3) is 0 Å². The Morgan fingerprint density at radius 3 is 2.95 bits per heavy atom. The van der Waals surface area contributed by atoms with Gasteiger partial charge in [-0.05, 0) is 37.5 Å². The molecule has 0 atom stereocenters. The molecule has 102 valence electrons. The van der Waals surface area contributed by atoms with E-state index in [1.165, 1.54) is 48.9 Å². The van der Waals surface area contributed by atoms with Gasteiger partial charge in [-0.1, -0.05) is 32.1 Å². The molecule has 0 aliphatic heterocycles. The molecule has 3 heteroatoms. The Hall–Kier alpha value is -1.09. The van der Waals surface area contributed by atoms with Crippen molar-refractivity contribution in [3.8, 4) is 0 Å². The molecule has 1 aromatic heterocycles. The molecule has 0 unspecified atom stereocenters. The molecule has 0 spiro atoms. The van der Waals surface area contributed by atoms with Crippen molar-refractivity contribution in [2.75, 3.05) is 11.9 Å². The Kier molecular flexibility index (Phi) is 4.02. The lowest BCUT2D eigenvalue weighted by Gasteiger charge is -2.21. The Labute approximate surface area is 119 Å². The summed E-state index contributed by atoms with van der Waals surface area (Å²) in [6.45, 7) is 3.18. The van der Waals surface area contributed by atoms with Gasteiger partial charge in [0.15, 0.2) is 0 Å². The lowest BCUT2D eigenvalue weighted by atomic mass is 9.87. The molecular weight excluding hydrogens is 252 g/mol. The smallest absolute Gasteiger partial charge is 0.0907 e. The molecule has 2 aromatic rings. The summed E-state index contributed by atoms with van der Waals surface area (Å²) in [6.07, 6.45) is 8.53. The van der Waals surface area contributed by atoms with Crippen molar-refractivity contribution >= 4 is 27.2 Å². The van der Waals surface area contributed by atoms with Crippen LogP contribution in [0.15, 0.2) is 18.2 Å². The Bertz CT molecular complexity index is 541. The van der Waals surface area contributed by atoms with E-state index in [1.54, 1.807) is 11.3 Å². The number of nitrogens with zero attached hydrogens (tertiary/aromatic N) is 1. The molecule has 1 saturated carbocycles. The number of thiazole rings is 1. The van der Waals surface area contributed by atoms with Crippen molar-refractivity contribution in [3.63, 3.8) is 0 Å². The van der Waals surface area contributed by atoms with Crippen molar-refractivity contribution in [3.05, 3.63) is 23.2 Å². The van der Waals surface area contributed by atoms with Gasteiger partial charge < -0.3 is 5.32 Å². The van der Waals surface area contributed by atoms with Crippen LogP contribution >= 0.6 is 11.3 Å². The van der Waals surface area contributed by atoms with Gasteiger partial charge >= 0.3 is 0 Å². The highest BCUT2D eigenvalue weighted by molar-refractivity contribution is 7.18. The van der Waals surface area contributed by atoms with Crippen LogP contribution in [0, 0.1) is 12.8 Å². The number of aromatic nitrogens is 1. The Morgan fingerprint density at radius 2 is 2.11 bits per heavy atom. The molecule has 1 fully saturated rings. The zero-order valence-corrected chi connectivity index (χ0v) is 12.4. The van der Waals surface area contributed by atoms with E-state index in [9.17, 15) is 0 Å². The molecule has 2 nitrogen and oxygen atoms in total. The van der Waals surface area contributed by atoms with E-state index in [-0.39, 0.29) is 0 Å². The van der Waals surface area contributed by atoms with Gasteiger partial charge in [-0.2, -0.15) is 0 Å². The van der Waals surface area contributed by atoms with Crippen molar-refractivity contribution < 1.29 is 0 Å². The van der Waals surface area contributed by atoms with Crippen molar-refractivity contribution in [1.82, 2.24) is 4.98 Å². The highest BCUT2D eigenvalue weighted by Crippen LogP contribution is 2.27. The van der Waals surface area contributed by atoms with Crippen LogP contribution in [-0.2, 0) is 0 Å². The van der Waals surface area contributed by atoms with Crippen LogP contribution in [-0.4, -0.2) is 11.5 Å². The van der Waals surface area contributed by atoms with Crippen LogP contribution in [0.2, 0.25) is 0 Å². The highest BCUT2D eigenvalue weighted by atomic mass is 32.1. The summed E-state index contributed by atoms with van der Waals surface area (Å²) in [4.78, 5) is 4.50.